The Morgan fingerprint density at radius 3 is 2.31 bits per heavy atom. The highest BCUT2D eigenvalue weighted by Crippen LogP contribution is 2.26. The third-order valence-corrected chi connectivity index (χ3v) is 5.70. The number of rotatable bonds is 1. The number of para-hydroxylation sites is 1. The van der Waals surface area contributed by atoms with Gasteiger partial charge in [0, 0.05) is 19.3 Å². The molecule has 1 heterocycles. The van der Waals surface area contributed by atoms with E-state index in [1.54, 1.807) is 0 Å². The molecule has 1 aliphatic carbocycles. The van der Waals surface area contributed by atoms with E-state index < -0.39 is 6.09 Å². The van der Waals surface area contributed by atoms with Gasteiger partial charge < -0.3 is 9.64 Å². The number of hydrazine groups is 1. The maximum Gasteiger partial charge on any atom is 0.421 e. The van der Waals surface area contributed by atoms with Crippen LogP contribution in [0.4, 0.5) is 10.5 Å². The van der Waals surface area contributed by atoms with Gasteiger partial charge in [-0.2, -0.15) is 0 Å². The molecule has 5 nitrogen and oxygen atoms in total. The summed E-state index contributed by atoms with van der Waals surface area (Å²) in [6.45, 7) is 5.01. The van der Waals surface area contributed by atoms with Gasteiger partial charge in [-0.25, -0.2) is 10.6 Å². The lowest BCUT2D eigenvalue weighted by Gasteiger charge is -2.26. The van der Waals surface area contributed by atoms with Gasteiger partial charge in [0.25, 0.3) is 0 Å². The van der Waals surface area contributed by atoms with Crippen LogP contribution in [-0.2, 0) is 24.1 Å². The second-order valence-electron chi connectivity index (χ2n) is 7.90. The summed E-state index contributed by atoms with van der Waals surface area (Å²) in [5.74, 6) is 4.92. The molecular weight excluding hydrogens is 398 g/mol. The molecule has 1 amide bonds. The van der Waals surface area contributed by atoms with E-state index in [0.717, 1.165) is 51.5 Å². The van der Waals surface area contributed by atoms with E-state index in [1.165, 1.54) is 22.4 Å². The molecule has 0 radical (unpaired) electrons. The van der Waals surface area contributed by atoms with Crippen molar-refractivity contribution in [2.75, 3.05) is 11.9 Å². The van der Waals surface area contributed by atoms with Crippen molar-refractivity contribution >= 4 is 11.8 Å². The zero-order valence-corrected chi connectivity index (χ0v) is 19.8. The number of hydrogen-bond donors (Lipinski definition) is 2. The Morgan fingerprint density at radius 1 is 0.938 bits per heavy atom. The quantitative estimate of drug-likeness (QED) is 0.251. The smallest absolute Gasteiger partial charge is 0.421 e. The van der Waals surface area contributed by atoms with Crippen LogP contribution in [-0.4, -0.2) is 19.2 Å². The minimum absolute atomic E-state index is 0.0218. The van der Waals surface area contributed by atoms with Gasteiger partial charge in [0.1, 0.15) is 6.10 Å². The van der Waals surface area contributed by atoms with Crippen molar-refractivity contribution in [2.45, 2.75) is 71.4 Å². The molecule has 3 N–H and O–H groups in total. The number of ether oxygens (including phenoxy) is 1. The number of allylic oxidation sites excluding steroid dienone is 2. The van der Waals surface area contributed by atoms with Crippen molar-refractivity contribution < 1.29 is 9.53 Å². The van der Waals surface area contributed by atoms with E-state index in [9.17, 15) is 4.79 Å². The first-order valence-electron chi connectivity index (χ1n) is 11.9. The summed E-state index contributed by atoms with van der Waals surface area (Å²) in [5.41, 5.74) is 7.77. The fourth-order valence-corrected chi connectivity index (χ4v) is 4.09. The Balaban J connectivity index is 0.000000218. The van der Waals surface area contributed by atoms with Crippen molar-refractivity contribution in [3.05, 3.63) is 77.4 Å². The third-order valence-electron chi connectivity index (χ3n) is 5.70. The number of amides is 1. The summed E-state index contributed by atoms with van der Waals surface area (Å²) in [7, 11) is 2.18. The van der Waals surface area contributed by atoms with Gasteiger partial charge >= 0.3 is 6.09 Å². The fourth-order valence-electron chi connectivity index (χ4n) is 4.09. The van der Waals surface area contributed by atoms with Gasteiger partial charge in [-0.1, -0.05) is 68.5 Å². The highest BCUT2D eigenvalue weighted by molar-refractivity contribution is 5.66. The summed E-state index contributed by atoms with van der Waals surface area (Å²) < 4.78 is 5.07. The van der Waals surface area contributed by atoms with E-state index in [2.05, 4.69) is 72.6 Å². The number of hydrogen-bond acceptors (Lipinski definition) is 4. The highest BCUT2D eigenvalue weighted by atomic mass is 16.6. The van der Waals surface area contributed by atoms with Crippen LogP contribution in [0, 0.1) is 0 Å². The van der Waals surface area contributed by atoms with Crippen LogP contribution in [0.3, 0.4) is 0 Å². The summed E-state index contributed by atoms with van der Waals surface area (Å²) in [5, 5.41) is 0. The number of nitrogens with zero attached hydrogens (tertiary/aromatic N) is 1. The van der Waals surface area contributed by atoms with Crippen LogP contribution in [0.5, 0.6) is 0 Å². The predicted molar refractivity (Wildman–Crippen MR) is 134 cm³/mol. The molecule has 1 aliphatic heterocycles. The van der Waals surface area contributed by atoms with Crippen LogP contribution < -0.4 is 16.2 Å². The average molecular weight is 438 g/mol. The number of carbonyl (C=O) groups is 1. The Bertz CT molecular complexity index is 850. The number of carbonyl (C=O) groups excluding carboxylic acids is 1. The predicted octanol–water partition coefficient (Wildman–Crippen LogP) is 5.92. The Labute approximate surface area is 193 Å². The second kappa shape index (κ2) is 14.3. The first-order chi connectivity index (χ1) is 15.7. The topological polar surface area (TPSA) is 67.6 Å². The molecule has 0 fully saturated rings. The first-order valence-corrected chi connectivity index (χ1v) is 11.9. The molecule has 0 saturated heterocycles. The van der Waals surface area contributed by atoms with Gasteiger partial charge in [-0.15, -0.1) is 0 Å². The Morgan fingerprint density at radius 2 is 1.56 bits per heavy atom. The SMILES string of the molecule is CC.CN1Cc2ccccc2CCc2ccccc21.NNC(=O)OC1CC/C=C/CCC1. The normalized spacial score (nSPS) is 18.2. The fraction of sp³-hybridized carbons (Fsp3) is 0.444. The largest absolute Gasteiger partial charge is 0.445 e. The summed E-state index contributed by atoms with van der Waals surface area (Å²) in [4.78, 5) is 13.2. The monoisotopic (exact) mass is 437 g/mol. The molecular formula is C27H39N3O2. The van der Waals surface area contributed by atoms with Crippen molar-refractivity contribution in [3.8, 4) is 0 Å². The molecule has 0 aromatic heterocycles. The van der Waals surface area contributed by atoms with Crippen LogP contribution in [0.1, 0.15) is 62.6 Å². The number of benzene rings is 2. The summed E-state index contributed by atoms with van der Waals surface area (Å²) >= 11 is 0. The Kier molecular flexibility index (Phi) is 11.4. The maximum absolute atomic E-state index is 10.8. The molecule has 2 aromatic rings. The summed E-state index contributed by atoms with van der Waals surface area (Å²) in [6, 6.07) is 17.5. The van der Waals surface area contributed by atoms with E-state index in [1.807, 2.05) is 19.3 Å². The van der Waals surface area contributed by atoms with Gasteiger partial charge in [-0.3, -0.25) is 5.43 Å². The van der Waals surface area contributed by atoms with Crippen LogP contribution >= 0.6 is 0 Å². The minimum Gasteiger partial charge on any atom is -0.445 e. The van der Waals surface area contributed by atoms with Crippen molar-refractivity contribution in [3.63, 3.8) is 0 Å². The minimum atomic E-state index is -0.533. The molecule has 1 unspecified atom stereocenters. The molecule has 32 heavy (non-hydrogen) atoms. The number of fused-ring (bicyclic) bond motifs is 2. The van der Waals surface area contributed by atoms with Gasteiger partial charge in [0.05, 0.1) is 0 Å². The van der Waals surface area contributed by atoms with E-state index >= 15 is 0 Å². The van der Waals surface area contributed by atoms with Crippen molar-refractivity contribution in [1.29, 1.82) is 0 Å². The highest BCUT2D eigenvalue weighted by Gasteiger charge is 2.14. The molecule has 2 aromatic carbocycles. The lowest BCUT2D eigenvalue weighted by molar-refractivity contribution is 0.0864. The standard InChI is InChI=1S/C16H17N.C9H16N2O2.C2H6/c1-17-12-15-8-3-2-6-13(15)10-11-14-7-4-5-9-16(14)17;10-11-9(12)13-8-6-4-2-1-3-5-7-8;1-2/h2-9H,10-12H2,1H3;1-2,8H,3-7,10H2,(H,11,12);1-2H3/b;2-1+;. The maximum atomic E-state index is 10.8. The number of aryl methyl sites for hydroxylation is 2. The van der Waals surface area contributed by atoms with E-state index in [-0.39, 0.29) is 6.10 Å². The van der Waals surface area contributed by atoms with Crippen LogP contribution in [0.2, 0.25) is 0 Å². The van der Waals surface area contributed by atoms with Gasteiger partial charge in [0.15, 0.2) is 0 Å². The van der Waals surface area contributed by atoms with Gasteiger partial charge in [0.2, 0.25) is 0 Å². The van der Waals surface area contributed by atoms with Crippen molar-refractivity contribution in [2.24, 2.45) is 5.84 Å². The van der Waals surface area contributed by atoms with E-state index in [4.69, 9.17) is 10.6 Å². The second-order valence-corrected chi connectivity index (χ2v) is 7.90. The average Bonchev–Trinajstić information content (AvgIpc) is 2.81. The molecule has 1 atom stereocenters. The molecule has 2 aliphatic rings. The molecule has 5 heteroatoms. The number of nitrogens with two attached hydrogens (primary N) is 1. The van der Waals surface area contributed by atoms with Crippen molar-refractivity contribution in [1.82, 2.24) is 5.43 Å². The molecule has 0 saturated carbocycles. The zero-order chi connectivity index (χ0) is 23.2. The number of anilines is 1. The molecule has 0 bridgehead atoms. The van der Waals surface area contributed by atoms with Gasteiger partial charge in [-0.05, 0) is 67.7 Å². The zero-order valence-electron chi connectivity index (χ0n) is 19.8. The van der Waals surface area contributed by atoms with Crippen LogP contribution in [0.25, 0.3) is 0 Å². The Hall–Kier alpha value is -2.79. The summed E-state index contributed by atoms with van der Waals surface area (Å²) in [6.07, 6.45) is 11.0. The van der Waals surface area contributed by atoms with Crippen LogP contribution in [0.15, 0.2) is 60.7 Å². The molecule has 0 spiro atoms. The number of nitrogens with one attached hydrogen (secondary N) is 1. The first kappa shape index (κ1) is 25.5. The lowest BCUT2D eigenvalue weighted by Crippen LogP contribution is -2.34. The molecule has 174 valence electrons. The molecule has 4 rings (SSSR count). The van der Waals surface area contributed by atoms with E-state index in [0.29, 0.717) is 0 Å². The lowest BCUT2D eigenvalue weighted by atomic mass is 9.96. The third kappa shape index (κ3) is 8.04.